The summed E-state index contributed by atoms with van der Waals surface area (Å²) in [7, 11) is 0. The molecule has 0 amide bonds. The average Bonchev–Trinajstić information content (AvgIpc) is 2.09. The molecule has 2 saturated carbocycles. The van der Waals surface area contributed by atoms with Crippen LogP contribution in [0, 0.1) is 17.3 Å². The Morgan fingerprint density at radius 2 is 1.87 bits per heavy atom. The molecule has 4 heteroatoms. The van der Waals surface area contributed by atoms with Crippen molar-refractivity contribution in [3.63, 3.8) is 0 Å². The first-order valence-corrected chi connectivity index (χ1v) is 5.46. The van der Waals surface area contributed by atoms with Crippen LogP contribution in [0.1, 0.15) is 39.5 Å². The van der Waals surface area contributed by atoms with E-state index in [2.05, 4.69) is 13.8 Å². The molecule has 0 saturated heterocycles. The summed E-state index contributed by atoms with van der Waals surface area (Å²) in [5, 5.41) is 17.6. The van der Waals surface area contributed by atoms with E-state index in [0.717, 1.165) is 6.42 Å². The minimum Gasteiger partial charge on any atom is -0.481 e. The molecule has 0 radical (unpaired) electrons. The molecule has 3 atom stereocenters. The maximum atomic E-state index is 10.8. The van der Waals surface area contributed by atoms with E-state index in [0.29, 0.717) is 12.8 Å². The Balaban J connectivity index is 0.000000337. The molecule has 0 aromatic carbocycles. The lowest BCUT2D eigenvalue weighted by Gasteiger charge is -2.59. The number of hydrogen-bond donors (Lipinski definition) is 2. The fourth-order valence-electron chi connectivity index (χ4n) is 2.53. The highest BCUT2D eigenvalue weighted by molar-refractivity contribution is 5.87. The minimum atomic E-state index is -0.951. The van der Waals surface area contributed by atoms with Crippen LogP contribution in [0.25, 0.3) is 0 Å². The molecule has 2 rings (SSSR count). The third-order valence-corrected chi connectivity index (χ3v) is 3.47. The molecule has 0 heterocycles. The van der Waals surface area contributed by atoms with Crippen LogP contribution >= 0.6 is 0 Å². The third kappa shape index (κ3) is 1.62. The van der Waals surface area contributed by atoms with E-state index in [1.807, 2.05) is 0 Å². The first-order valence-electron chi connectivity index (χ1n) is 5.46. The van der Waals surface area contributed by atoms with Gasteiger partial charge in [0.1, 0.15) is 0 Å². The van der Waals surface area contributed by atoms with Crippen molar-refractivity contribution in [2.75, 3.05) is 0 Å². The largest absolute Gasteiger partial charge is 0.481 e. The SMILES string of the molecule is CCC.O=C(O)C1CC2CCC21C(=O)O. The van der Waals surface area contributed by atoms with E-state index in [-0.39, 0.29) is 5.92 Å². The highest BCUT2D eigenvalue weighted by Gasteiger charge is 2.68. The van der Waals surface area contributed by atoms with E-state index < -0.39 is 23.3 Å². The Hall–Kier alpha value is -1.06. The molecule has 0 aliphatic heterocycles. The van der Waals surface area contributed by atoms with E-state index in [9.17, 15) is 9.59 Å². The number of fused-ring (bicyclic) bond motifs is 1. The van der Waals surface area contributed by atoms with Crippen LogP contribution in [0.5, 0.6) is 0 Å². The molecule has 86 valence electrons. The van der Waals surface area contributed by atoms with Gasteiger partial charge in [0.15, 0.2) is 0 Å². The van der Waals surface area contributed by atoms with Gasteiger partial charge in [-0.05, 0) is 25.2 Å². The Morgan fingerprint density at radius 1 is 1.33 bits per heavy atom. The molecule has 4 nitrogen and oxygen atoms in total. The van der Waals surface area contributed by atoms with Crippen LogP contribution in [0.2, 0.25) is 0 Å². The van der Waals surface area contributed by atoms with Crippen LogP contribution in [0.15, 0.2) is 0 Å². The fraction of sp³-hybridized carbons (Fsp3) is 0.818. The fourth-order valence-corrected chi connectivity index (χ4v) is 2.53. The zero-order valence-corrected chi connectivity index (χ0v) is 9.19. The van der Waals surface area contributed by atoms with E-state index in [1.54, 1.807) is 0 Å². The molecule has 2 aliphatic rings. The van der Waals surface area contributed by atoms with Crippen LogP contribution in [-0.4, -0.2) is 22.2 Å². The smallest absolute Gasteiger partial charge is 0.310 e. The summed E-state index contributed by atoms with van der Waals surface area (Å²) in [4.78, 5) is 21.4. The Bertz CT molecular complexity index is 274. The normalized spacial score (nSPS) is 36.1. The minimum absolute atomic E-state index is 0.135. The topological polar surface area (TPSA) is 74.6 Å². The van der Waals surface area contributed by atoms with Crippen LogP contribution in [-0.2, 0) is 9.59 Å². The van der Waals surface area contributed by atoms with Crippen molar-refractivity contribution in [1.29, 1.82) is 0 Å². The molecule has 0 aromatic rings. The Morgan fingerprint density at radius 3 is 2.00 bits per heavy atom. The van der Waals surface area contributed by atoms with Crippen LogP contribution in [0.4, 0.5) is 0 Å². The first-order chi connectivity index (χ1) is 7.00. The molecule has 0 aromatic heterocycles. The van der Waals surface area contributed by atoms with Crippen molar-refractivity contribution in [2.45, 2.75) is 39.5 Å². The zero-order valence-electron chi connectivity index (χ0n) is 9.19. The van der Waals surface area contributed by atoms with Gasteiger partial charge < -0.3 is 10.2 Å². The Labute approximate surface area is 89.3 Å². The van der Waals surface area contributed by atoms with Crippen molar-refractivity contribution < 1.29 is 19.8 Å². The van der Waals surface area contributed by atoms with Gasteiger partial charge in [-0.25, -0.2) is 0 Å². The van der Waals surface area contributed by atoms with Gasteiger partial charge >= 0.3 is 11.9 Å². The summed E-state index contributed by atoms with van der Waals surface area (Å²) >= 11 is 0. The standard InChI is InChI=1S/C8H10O4.C3H8/c9-6(10)5-3-4-1-2-8(4,5)7(11)12;1-3-2/h4-5H,1-3H2,(H,9,10)(H,11,12);3H2,1-2H3. The maximum Gasteiger partial charge on any atom is 0.310 e. The maximum absolute atomic E-state index is 10.8. The van der Waals surface area contributed by atoms with Gasteiger partial charge in [-0.2, -0.15) is 0 Å². The van der Waals surface area contributed by atoms with E-state index >= 15 is 0 Å². The van der Waals surface area contributed by atoms with Crippen LogP contribution in [0.3, 0.4) is 0 Å². The number of carbonyl (C=O) groups is 2. The highest BCUT2D eigenvalue weighted by atomic mass is 16.4. The number of rotatable bonds is 2. The predicted octanol–water partition coefficient (Wildman–Crippen LogP) is 1.99. The highest BCUT2D eigenvalue weighted by Crippen LogP contribution is 2.64. The van der Waals surface area contributed by atoms with Crippen molar-refractivity contribution >= 4 is 11.9 Å². The molecule has 2 aliphatic carbocycles. The number of carboxylic acid groups (broad SMARTS) is 2. The molecule has 15 heavy (non-hydrogen) atoms. The molecule has 2 fully saturated rings. The number of hydrogen-bond acceptors (Lipinski definition) is 2. The van der Waals surface area contributed by atoms with Crippen molar-refractivity contribution in [1.82, 2.24) is 0 Å². The Kier molecular flexibility index (Phi) is 3.37. The van der Waals surface area contributed by atoms with Gasteiger partial charge in [-0.1, -0.05) is 20.3 Å². The van der Waals surface area contributed by atoms with Gasteiger partial charge in [0.2, 0.25) is 0 Å². The summed E-state index contributed by atoms with van der Waals surface area (Å²) in [6.07, 6.45) is 3.24. The summed E-state index contributed by atoms with van der Waals surface area (Å²) in [6, 6.07) is 0. The lowest BCUT2D eigenvalue weighted by atomic mass is 9.42. The lowest BCUT2D eigenvalue weighted by Crippen LogP contribution is -2.63. The molecular formula is C11H18O4. The van der Waals surface area contributed by atoms with Gasteiger partial charge in [-0.15, -0.1) is 0 Å². The summed E-state index contributed by atoms with van der Waals surface area (Å²) in [5.41, 5.74) is -0.883. The van der Waals surface area contributed by atoms with Gasteiger partial charge in [0, 0.05) is 0 Å². The molecular weight excluding hydrogens is 196 g/mol. The first kappa shape index (κ1) is 12.0. The molecule has 3 unspecified atom stereocenters. The van der Waals surface area contributed by atoms with E-state index in [1.165, 1.54) is 6.42 Å². The monoisotopic (exact) mass is 214 g/mol. The third-order valence-electron chi connectivity index (χ3n) is 3.47. The van der Waals surface area contributed by atoms with Gasteiger partial charge in [0.25, 0.3) is 0 Å². The molecule has 0 spiro atoms. The van der Waals surface area contributed by atoms with Crippen LogP contribution < -0.4 is 0 Å². The van der Waals surface area contributed by atoms with E-state index in [4.69, 9.17) is 10.2 Å². The number of aliphatic carboxylic acids is 2. The summed E-state index contributed by atoms with van der Waals surface area (Å²) in [6.45, 7) is 4.25. The second-order valence-corrected chi connectivity index (χ2v) is 4.41. The van der Waals surface area contributed by atoms with Gasteiger partial charge in [0.05, 0.1) is 11.3 Å². The predicted molar refractivity (Wildman–Crippen MR) is 54.5 cm³/mol. The van der Waals surface area contributed by atoms with Gasteiger partial charge in [-0.3, -0.25) is 9.59 Å². The second-order valence-electron chi connectivity index (χ2n) is 4.41. The molecule has 0 bridgehead atoms. The quantitative estimate of drug-likeness (QED) is 0.737. The second kappa shape index (κ2) is 4.21. The summed E-state index contributed by atoms with van der Waals surface area (Å²) < 4.78 is 0. The molecule has 2 N–H and O–H groups in total. The van der Waals surface area contributed by atoms with Crippen molar-refractivity contribution in [3.8, 4) is 0 Å². The van der Waals surface area contributed by atoms with Crippen molar-refractivity contribution in [3.05, 3.63) is 0 Å². The summed E-state index contributed by atoms with van der Waals surface area (Å²) in [5.74, 6) is -2.37. The number of carboxylic acids is 2. The average molecular weight is 214 g/mol. The lowest BCUT2D eigenvalue weighted by molar-refractivity contribution is -0.205. The zero-order chi connectivity index (χ0) is 11.6. The van der Waals surface area contributed by atoms with Crippen molar-refractivity contribution in [2.24, 2.45) is 17.3 Å².